The van der Waals surface area contributed by atoms with Gasteiger partial charge in [-0.05, 0) is 18.2 Å². The third-order valence-corrected chi connectivity index (χ3v) is 3.00. The molecule has 7 heteroatoms. The van der Waals surface area contributed by atoms with Crippen LogP contribution in [-0.2, 0) is 14.3 Å². The summed E-state index contributed by atoms with van der Waals surface area (Å²) < 4.78 is 9.63. The van der Waals surface area contributed by atoms with Crippen LogP contribution in [0.3, 0.4) is 0 Å². The van der Waals surface area contributed by atoms with E-state index in [0.717, 1.165) is 0 Å². The van der Waals surface area contributed by atoms with Crippen molar-refractivity contribution in [3.05, 3.63) is 28.8 Å². The van der Waals surface area contributed by atoms with E-state index in [-0.39, 0.29) is 25.0 Å². The highest BCUT2D eigenvalue weighted by Crippen LogP contribution is 2.23. The number of benzene rings is 1. The van der Waals surface area contributed by atoms with Gasteiger partial charge in [0, 0.05) is 13.7 Å². The molecule has 3 N–H and O–H groups in total. The van der Waals surface area contributed by atoms with Crippen LogP contribution in [0.2, 0.25) is 5.02 Å². The van der Waals surface area contributed by atoms with Crippen molar-refractivity contribution >= 4 is 29.2 Å². The Morgan fingerprint density at radius 3 is 2.65 bits per heavy atom. The number of ether oxygens (including phenoxy) is 2. The number of nitrogens with two attached hydrogens (primary N) is 1. The van der Waals surface area contributed by atoms with Gasteiger partial charge in [0.2, 0.25) is 5.91 Å². The number of carbonyl (C=O) groups excluding carboxylic acids is 2. The Hall–Kier alpha value is -1.63. The molecule has 1 atom stereocenters. The zero-order valence-corrected chi connectivity index (χ0v) is 12.1. The van der Waals surface area contributed by atoms with Crippen LogP contribution in [0.4, 0.5) is 5.69 Å². The zero-order valence-electron chi connectivity index (χ0n) is 11.3. The molecule has 20 heavy (non-hydrogen) atoms. The fourth-order valence-electron chi connectivity index (χ4n) is 1.54. The van der Waals surface area contributed by atoms with Crippen molar-refractivity contribution in [1.82, 2.24) is 0 Å². The van der Waals surface area contributed by atoms with Gasteiger partial charge in [0.05, 0.1) is 35.9 Å². The van der Waals surface area contributed by atoms with E-state index < -0.39 is 5.97 Å². The quantitative estimate of drug-likeness (QED) is 0.776. The van der Waals surface area contributed by atoms with Crippen molar-refractivity contribution in [1.29, 1.82) is 0 Å². The predicted molar refractivity (Wildman–Crippen MR) is 75.9 cm³/mol. The highest BCUT2D eigenvalue weighted by Gasteiger charge is 2.14. The standard InChI is InChI=1S/C13H17ClN2O4/c1-19-9(7-15)6-12(17)16-11-5-8(13(18)20-2)3-4-10(11)14/h3-5,9H,6-7,15H2,1-2H3,(H,16,17). The van der Waals surface area contributed by atoms with Crippen LogP contribution < -0.4 is 11.1 Å². The normalized spacial score (nSPS) is 11.8. The number of rotatable bonds is 6. The summed E-state index contributed by atoms with van der Waals surface area (Å²) in [7, 11) is 2.76. The van der Waals surface area contributed by atoms with Crippen LogP contribution in [0.1, 0.15) is 16.8 Å². The lowest BCUT2D eigenvalue weighted by Gasteiger charge is -2.13. The summed E-state index contributed by atoms with van der Waals surface area (Å²) in [5.74, 6) is -0.805. The van der Waals surface area contributed by atoms with E-state index in [2.05, 4.69) is 10.1 Å². The van der Waals surface area contributed by atoms with E-state index in [4.69, 9.17) is 22.1 Å². The van der Waals surface area contributed by atoms with Crippen molar-refractivity contribution < 1.29 is 19.1 Å². The average Bonchev–Trinajstić information content (AvgIpc) is 2.46. The summed E-state index contributed by atoms with van der Waals surface area (Å²) in [6, 6.07) is 4.48. The SMILES string of the molecule is COC(=O)c1ccc(Cl)c(NC(=O)CC(CN)OC)c1. The largest absolute Gasteiger partial charge is 0.465 e. The maximum absolute atomic E-state index is 11.8. The van der Waals surface area contributed by atoms with Crippen LogP contribution in [0.15, 0.2) is 18.2 Å². The maximum atomic E-state index is 11.8. The number of hydrogen-bond acceptors (Lipinski definition) is 5. The van der Waals surface area contributed by atoms with Gasteiger partial charge in [-0.25, -0.2) is 4.79 Å². The van der Waals surface area contributed by atoms with E-state index in [1.54, 1.807) is 0 Å². The topological polar surface area (TPSA) is 90.7 Å². The Morgan fingerprint density at radius 2 is 2.10 bits per heavy atom. The molecular weight excluding hydrogens is 284 g/mol. The van der Waals surface area contributed by atoms with Crippen LogP contribution in [-0.4, -0.2) is 38.7 Å². The molecule has 0 fully saturated rings. The Bertz CT molecular complexity index is 489. The van der Waals surface area contributed by atoms with E-state index in [0.29, 0.717) is 16.3 Å². The molecule has 1 aromatic rings. The molecule has 1 amide bonds. The minimum Gasteiger partial charge on any atom is -0.465 e. The van der Waals surface area contributed by atoms with Crippen molar-refractivity contribution in [2.24, 2.45) is 5.73 Å². The highest BCUT2D eigenvalue weighted by molar-refractivity contribution is 6.33. The molecule has 0 saturated heterocycles. The Morgan fingerprint density at radius 1 is 1.40 bits per heavy atom. The highest BCUT2D eigenvalue weighted by atomic mass is 35.5. The summed E-state index contributed by atoms with van der Waals surface area (Å²) in [6.45, 7) is 0.236. The summed E-state index contributed by atoms with van der Waals surface area (Å²) in [6.07, 6.45) is -0.260. The first-order valence-corrected chi connectivity index (χ1v) is 6.30. The number of methoxy groups -OCH3 is 2. The van der Waals surface area contributed by atoms with Crippen molar-refractivity contribution in [3.63, 3.8) is 0 Å². The van der Waals surface area contributed by atoms with Gasteiger partial charge in [-0.1, -0.05) is 11.6 Å². The van der Waals surface area contributed by atoms with Crippen molar-refractivity contribution in [2.75, 3.05) is 26.1 Å². The molecule has 0 aliphatic carbocycles. The van der Waals surface area contributed by atoms with Gasteiger partial charge < -0.3 is 20.5 Å². The molecule has 1 unspecified atom stereocenters. The summed E-state index contributed by atoms with van der Waals surface area (Å²) in [5.41, 5.74) is 6.08. The molecule has 6 nitrogen and oxygen atoms in total. The monoisotopic (exact) mass is 300 g/mol. The van der Waals surface area contributed by atoms with Crippen molar-refractivity contribution in [2.45, 2.75) is 12.5 Å². The van der Waals surface area contributed by atoms with E-state index in [1.807, 2.05) is 0 Å². The van der Waals surface area contributed by atoms with Gasteiger partial charge in [0.1, 0.15) is 0 Å². The lowest BCUT2D eigenvalue weighted by molar-refractivity contribution is -0.118. The number of carbonyl (C=O) groups is 2. The Kier molecular flexibility index (Phi) is 6.44. The molecule has 1 aromatic carbocycles. The van der Waals surface area contributed by atoms with Gasteiger partial charge in [-0.15, -0.1) is 0 Å². The molecule has 0 aromatic heterocycles. The molecular formula is C13H17ClN2O4. The lowest BCUT2D eigenvalue weighted by Crippen LogP contribution is -2.28. The molecule has 1 rings (SSSR count). The summed E-state index contributed by atoms with van der Waals surface area (Å²) >= 11 is 5.97. The Balaban J connectivity index is 2.81. The first kappa shape index (κ1) is 16.4. The van der Waals surface area contributed by atoms with Crippen LogP contribution in [0, 0.1) is 0 Å². The minimum absolute atomic E-state index is 0.103. The second-order valence-corrected chi connectivity index (χ2v) is 4.44. The molecule has 0 radical (unpaired) electrons. The summed E-state index contributed by atoms with van der Waals surface area (Å²) in [5, 5.41) is 2.94. The molecule has 0 aliphatic rings. The number of halogens is 1. The van der Waals surface area contributed by atoms with Crippen LogP contribution in [0.5, 0.6) is 0 Å². The summed E-state index contributed by atoms with van der Waals surface area (Å²) in [4.78, 5) is 23.2. The molecule has 0 saturated carbocycles. The van der Waals surface area contributed by atoms with Gasteiger partial charge in [-0.2, -0.15) is 0 Å². The number of anilines is 1. The first-order chi connectivity index (χ1) is 9.51. The fourth-order valence-corrected chi connectivity index (χ4v) is 1.70. The smallest absolute Gasteiger partial charge is 0.337 e. The number of hydrogen-bond donors (Lipinski definition) is 2. The molecule has 110 valence electrons. The van der Waals surface area contributed by atoms with E-state index in [9.17, 15) is 9.59 Å². The van der Waals surface area contributed by atoms with Gasteiger partial charge in [0.25, 0.3) is 0 Å². The predicted octanol–water partition coefficient (Wildman–Crippen LogP) is 1.43. The fraction of sp³-hybridized carbons (Fsp3) is 0.385. The maximum Gasteiger partial charge on any atom is 0.337 e. The average molecular weight is 301 g/mol. The van der Waals surface area contributed by atoms with Gasteiger partial charge in [0.15, 0.2) is 0 Å². The number of esters is 1. The Labute approximate surface area is 122 Å². The minimum atomic E-state index is -0.506. The first-order valence-electron chi connectivity index (χ1n) is 5.92. The van der Waals surface area contributed by atoms with Gasteiger partial charge >= 0.3 is 5.97 Å². The third kappa shape index (κ3) is 4.48. The molecule has 0 spiro atoms. The van der Waals surface area contributed by atoms with Gasteiger partial charge in [-0.3, -0.25) is 4.79 Å². The number of nitrogens with one attached hydrogen (secondary N) is 1. The number of amides is 1. The molecule has 0 heterocycles. The molecule has 0 bridgehead atoms. The zero-order chi connectivity index (χ0) is 15.1. The molecule has 0 aliphatic heterocycles. The lowest BCUT2D eigenvalue weighted by atomic mass is 10.2. The van der Waals surface area contributed by atoms with Crippen LogP contribution in [0.25, 0.3) is 0 Å². The third-order valence-electron chi connectivity index (χ3n) is 2.67. The second kappa shape index (κ2) is 7.84. The van der Waals surface area contributed by atoms with Crippen molar-refractivity contribution in [3.8, 4) is 0 Å². The van der Waals surface area contributed by atoms with E-state index in [1.165, 1.54) is 32.4 Å². The second-order valence-electron chi connectivity index (χ2n) is 4.03. The van der Waals surface area contributed by atoms with Crippen LogP contribution >= 0.6 is 11.6 Å². The van der Waals surface area contributed by atoms with E-state index >= 15 is 0 Å².